The van der Waals surface area contributed by atoms with Crippen LogP contribution in [0.4, 0.5) is 0 Å². The van der Waals surface area contributed by atoms with E-state index in [1.807, 2.05) is 32.0 Å². The number of ether oxygens (including phenoxy) is 5. The molecular weight excluding hydrogens is 624 g/mol. The number of hydrazone groups is 1. The Morgan fingerprint density at radius 1 is 0.895 bits per heavy atom. The molecule has 0 heterocycles. The Bertz CT molecular complexity index is 1330. The maximum atomic E-state index is 13.1. The Balaban J connectivity index is 1.77. The molecule has 11 heteroatoms. The molecule has 0 atom stereocenters. The van der Waals surface area contributed by atoms with Gasteiger partial charge in [-0.05, 0) is 65.2 Å². The predicted molar refractivity (Wildman–Crippen MR) is 150 cm³/mol. The number of carbonyl (C=O) groups is 2. The molecule has 3 rings (SSSR count). The smallest absolute Gasteiger partial charge is 0.343 e. The Hall–Kier alpha value is -3.57. The van der Waals surface area contributed by atoms with Crippen molar-refractivity contribution in [1.29, 1.82) is 0 Å². The second kappa shape index (κ2) is 13.3. The van der Waals surface area contributed by atoms with E-state index < -0.39 is 11.9 Å². The molecule has 0 radical (unpaired) electrons. The molecule has 0 spiro atoms. The largest absolute Gasteiger partial charge is 0.493 e. The second-order valence-corrected chi connectivity index (χ2v) is 9.68. The Morgan fingerprint density at radius 3 is 2.11 bits per heavy atom. The van der Waals surface area contributed by atoms with Crippen LogP contribution in [-0.4, -0.2) is 46.0 Å². The molecule has 3 aromatic carbocycles. The molecule has 1 N–H and O–H groups in total. The van der Waals surface area contributed by atoms with E-state index in [9.17, 15) is 9.59 Å². The molecule has 0 aromatic heterocycles. The van der Waals surface area contributed by atoms with Crippen molar-refractivity contribution in [3.05, 3.63) is 73.7 Å². The SMILES string of the molecule is COc1cc(C(=O)Oc2c(Br)cc(Br)cc2/C=N/NC(=O)COc2c(C)cccc2C)cc(OC)c1OC. The Kier molecular flexibility index (Phi) is 10.1. The van der Waals surface area contributed by atoms with Crippen molar-refractivity contribution in [3.63, 3.8) is 0 Å². The minimum atomic E-state index is -0.673. The van der Waals surface area contributed by atoms with Gasteiger partial charge in [0, 0.05) is 10.0 Å². The van der Waals surface area contributed by atoms with Crippen LogP contribution in [0.2, 0.25) is 0 Å². The van der Waals surface area contributed by atoms with E-state index in [1.165, 1.54) is 39.7 Å². The number of benzene rings is 3. The van der Waals surface area contributed by atoms with E-state index in [0.717, 1.165) is 11.1 Å². The number of aryl methyl sites for hydroxylation is 2. The molecule has 0 fully saturated rings. The summed E-state index contributed by atoms with van der Waals surface area (Å²) in [6.07, 6.45) is 1.37. The van der Waals surface area contributed by atoms with Gasteiger partial charge < -0.3 is 23.7 Å². The molecule has 0 bridgehead atoms. The standard InChI is InChI=1S/C27H26Br2N2O7/c1-15-7-6-8-16(2)24(15)37-14-23(32)31-30-13-18-9-19(28)12-20(29)25(18)38-27(33)17-10-21(34-3)26(36-5)22(11-17)35-4/h6-13H,14H2,1-5H3,(H,31,32)/b30-13+. The van der Waals surface area contributed by atoms with Gasteiger partial charge in [0.15, 0.2) is 23.9 Å². The molecule has 0 aliphatic carbocycles. The van der Waals surface area contributed by atoms with E-state index in [-0.39, 0.29) is 17.9 Å². The molecule has 3 aromatic rings. The highest BCUT2D eigenvalue weighted by molar-refractivity contribution is 9.11. The lowest BCUT2D eigenvalue weighted by Gasteiger charge is -2.15. The van der Waals surface area contributed by atoms with Crippen molar-refractivity contribution >= 4 is 50.0 Å². The van der Waals surface area contributed by atoms with Crippen molar-refractivity contribution in [2.75, 3.05) is 27.9 Å². The first-order chi connectivity index (χ1) is 18.2. The number of rotatable bonds is 10. The number of nitrogens with one attached hydrogen (secondary N) is 1. The fourth-order valence-electron chi connectivity index (χ4n) is 3.51. The maximum Gasteiger partial charge on any atom is 0.343 e. The number of halogens is 2. The zero-order chi connectivity index (χ0) is 27.8. The Labute approximate surface area is 237 Å². The lowest BCUT2D eigenvalue weighted by molar-refractivity contribution is -0.123. The van der Waals surface area contributed by atoms with Crippen molar-refractivity contribution in [1.82, 2.24) is 5.43 Å². The summed E-state index contributed by atoms with van der Waals surface area (Å²) < 4.78 is 28.5. The molecule has 0 unspecified atom stereocenters. The van der Waals surface area contributed by atoms with Gasteiger partial charge in [0.2, 0.25) is 5.75 Å². The summed E-state index contributed by atoms with van der Waals surface area (Å²) in [5, 5.41) is 4.00. The van der Waals surface area contributed by atoms with Gasteiger partial charge in [-0.25, -0.2) is 10.2 Å². The first kappa shape index (κ1) is 29.0. The average Bonchev–Trinajstić information content (AvgIpc) is 2.89. The summed E-state index contributed by atoms with van der Waals surface area (Å²) >= 11 is 6.83. The minimum Gasteiger partial charge on any atom is -0.493 e. The molecule has 0 aliphatic heterocycles. The van der Waals surface area contributed by atoms with Gasteiger partial charge in [0.05, 0.1) is 37.6 Å². The predicted octanol–water partition coefficient (Wildman–Crippen LogP) is 5.60. The van der Waals surface area contributed by atoms with E-state index in [2.05, 4.69) is 42.4 Å². The first-order valence-electron chi connectivity index (χ1n) is 11.2. The number of nitrogens with zero attached hydrogens (tertiary/aromatic N) is 1. The summed E-state index contributed by atoms with van der Waals surface area (Å²) in [7, 11) is 4.37. The third-order valence-corrected chi connectivity index (χ3v) is 6.33. The van der Waals surface area contributed by atoms with Crippen LogP contribution in [-0.2, 0) is 4.79 Å². The van der Waals surface area contributed by atoms with Crippen molar-refractivity contribution in [2.45, 2.75) is 13.8 Å². The summed E-state index contributed by atoms with van der Waals surface area (Å²) in [4.78, 5) is 25.4. The minimum absolute atomic E-state index is 0.175. The molecule has 1 amide bonds. The first-order valence-corrected chi connectivity index (χ1v) is 12.8. The number of carbonyl (C=O) groups excluding carboxylic acids is 2. The van der Waals surface area contributed by atoms with Crippen LogP contribution in [0.25, 0.3) is 0 Å². The van der Waals surface area contributed by atoms with Crippen molar-refractivity contribution in [2.24, 2.45) is 5.10 Å². The number of para-hydroxylation sites is 1. The van der Waals surface area contributed by atoms with E-state index in [1.54, 1.807) is 12.1 Å². The molecule has 38 heavy (non-hydrogen) atoms. The van der Waals surface area contributed by atoms with Gasteiger partial charge in [-0.2, -0.15) is 5.10 Å². The fraction of sp³-hybridized carbons (Fsp3) is 0.222. The van der Waals surface area contributed by atoms with E-state index >= 15 is 0 Å². The van der Waals surface area contributed by atoms with Crippen LogP contribution in [0, 0.1) is 13.8 Å². The van der Waals surface area contributed by atoms with Gasteiger partial charge in [-0.1, -0.05) is 34.1 Å². The number of esters is 1. The highest BCUT2D eigenvalue weighted by atomic mass is 79.9. The second-order valence-electron chi connectivity index (χ2n) is 7.91. The topological polar surface area (TPSA) is 105 Å². The van der Waals surface area contributed by atoms with Gasteiger partial charge in [-0.15, -0.1) is 0 Å². The molecule has 0 saturated heterocycles. The lowest BCUT2D eigenvalue weighted by Crippen LogP contribution is -2.25. The van der Waals surface area contributed by atoms with E-state index in [4.69, 9.17) is 23.7 Å². The Morgan fingerprint density at radius 2 is 1.53 bits per heavy atom. The highest BCUT2D eigenvalue weighted by Gasteiger charge is 2.20. The van der Waals surface area contributed by atoms with Crippen LogP contribution >= 0.6 is 31.9 Å². The molecule has 0 saturated carbocycles. The maximum absolute atomic E-state index is 13.1. The van der Waals surface area contributed by atoms with Crippen LogP contribution in [0.1, 0.15) is 27.0 Å². The third kappa shape index (κ3) is 7.05. The van der Waals surface area contributed by atoms with Crippen molar-refractivity contribution < 1.29 is 33.3 Å². The fourth-order valence-corrected chi connectivity index (χ4v) is 4.84. The zero-order valence-corrected chi connectivity index (χ0v) is 24.6. The average molecular weight is 650 g/mol. The quantitative estimate of drug-likeness (QED) is 0.132. The third-order valence-electron chi connectivity index (χ3n) is 5.28. The summed E-state index contributed by atoms with van der Waals surface area (Å²) in [5.74, 6) is 0.686. The molecule has 200 valence electrons. The number of methoxy groups -OCH3 is 3. The van der Waals surface area contributed by atoms with Crippen LogP contribution in [0.15, 0.2) is 56.5 Å². The van der Waals surface area contributed by atoms with Gasteiger partial charge in [-0.3, -0.25) is 4.79 Å². The normalized spacial score (nSPS) is 10.7. The highest BCUT2D eigenvalue weighted by Crippen LogP contribution is 2.39. The van der Waals surface area contributed by atoms with E-state index in [0.29, 0.717) is 37.5 Å². The molecule has 9 nitrogen and oxygen atoms in total. The van der Waals surface area contributed by atoms with Gasteiger partial charge in [0.25, 0.3) is 5.91 Å². The summed E-state index contributed by atoms with van der Waals surface area (Å²) in [6, 6.07) is 12.1. The van der Waals surface area contributed by atoms with Crippen LogP contribution in [0.5, 0.6) is 28.7 Å². The monoisotopic (exact) mass is 648 g/mol. The van der Waals surface area contributed by atoms with Crippen molar-refractivity contribution in [3.8, 4) is 28.7 Å². The number of hydrogen-bond donors (Lipinski definition) is 1. The van der Waals surface area contributed by atoms with Gasteiger partial charge >= 0.3 is 5.97 Å². The summed E-state index contributed by atoms with van der Waals surface area (Å²) in [5.41, 5.74) is 4.88. The van der Waals surface area contributed by atoms with Crippen LogP contribution in [0.3, 0.4) is 0 Å². The zero-order valence-electron chi connectivity index (χ0n) is 21.4. The number of hydrogen-bond acceptors (Lipinski definition) is 8. The van der Waals surface area contributed by atoms with Crippen LogP contribution < -0.4 is 29.1 Å². The van der Waals surface area contributed by atoms with Gasteiger partial charge in [0.1, 0.15) is 5.75 Å². The number of amides is 1. The lowest BCUT2D eigenvalue weighted by atomic mass is 10.1. The summed E-state index contributed by atoms with van der Waals surface area (Å²) in [6.45, 7) is 3.60. The molecule has 0 aliphatic rings. The molecular formula is C27H26Br2N2O7.